The largest absolute Gasteiger partial charge is 0.325 e. The number of carbonyl (C=O) groups is 1. The summed E-state index contributed by atoms with van der Waals surface area (Å²) >= 11 is 0. The van der Waals surface area contributed by atoms with Gasteiger partial charge in [-0.2, -0.15) is 4.68 Å². The minimum absolute atomic E-state index is 0.247. The molecular weight excluding hydrogens is 352 g/mol. The van der Waals surface area contributed by atoms with E-state index in [2.05, 4.69) is 33.1 Å². The first-order chi connectivity index (χ1) is 13.7. The van der Waals surface area contributed by atoms with E-state index in [4.69, 9.17) is 0 Å². The minimum Gasteiger partial charge on any atom is -0.325 e. The Morgan fingerprint density at radius 3 is 2.36 bits per heavy atom. The smallest absolute Gasteiger partial charge is 0.320 e. The van der Waals surface area contributed by atoms with Gasteiger partial charge in [0.1, 0.15) is 5.54 Å². The van der Waals surface area contributed by atoms with Gasteiger partial charge >= 0.3 is 6.03 Å². The van der Waals surface area contributed by atoms with Crippen molar-refractivity contribution in [1.82, 2.24) is 25.5 Å². The number of rotatable bonds is 4. The average molecular weight is 376 g/mol. The second kappa shape index (κ2) is 7.80. The van der Waals surface area contributed by atoms with Gasteiger partial charge in [-0.3, -0.25) is 0 Å². The summed E-state index contributed by atoms with van der Waals surface area (Å²) in [6.07, 6.45) is 3.60. The molecule has 7 nitrogen and oxygen atoms in total. The van der Waals surface area contributed by atoms with Crippen LogP contribution in [0.25, 0.3) is 5.69 Å². The molecule has 1 heterocycles. The van der Waals surface area contributed by atoms with Crippen molar-refractivity contribution in [2.45, 2.75) is 38.1 Å². The zero-order valence-electron chi connectivity index (χ0n) is 15.9. The van der Waals surface area contributed by atoms with Crippen LogP contribution in [-0.2, 0) is 5.54 Å². The van der Waals surface area contributed by atoms with Crippen LogP contribution < -0.4 is 10.6 Å². The number of benzene rings is 2. The number of hydrogen-bond donors (Lipinski definition) is 2. The van der Waals surface area contributed by atoms with Gasteiger partial charge in [0.15, 0.2) is 5.82 Å². The van der Waals surface area contributed by atoms with E-state index in [1.807, 2.05) is 60.7 Å². The van der Waals surface area contributed by atoms with Crippen LogP contribution in [0, 0.1) is 5.92 Å². The summed E-state index contributed by atoms with van der Waals surface area (Å²) in [6.45, 7) is 2.24. The fraction of sp³-hybridized carbons (Fsp3) is 0.333. The first-order valence-corrected chi connectivity index (χ1v) is 9.65. The van der Waals surface area contributed by atoms with Gasteiger partial charge < -0.3 is 10.6 Å². The van der Waals surface area contributed by atoms with E-state index in [9.17, 15) is 4.79 Å². The predicted molar refractivity (Wildman–Crippen MR) is 107 cm³/mol. The van der Waals surface area contributed by atoms with Crippen molar-refractivity contribution >= 4 is 11.7 Å². The maximum Gasteiger partial charge on any atom is 0.320 e. The number of amides is 2. The monoisotopic (exact) mass is 376 g/mol. The molecule has 0 radical (unpaired) electrons. The summed E-state index contributed by atoms with van der Waals surface area (Å²) in [5, 5.41) is 18.6. The van der Waals surface area contributed by atoms with Crippen LogP contribution in [0.5, 0.6) is 0 Å². The molecule has 0 aliphatic heterocycles. The second-order valence-corrected chi connectivity index (χ2v) is 7.46. The number of anilines is 1. The zero-order valence-corrected chi connectivity index (χ0v) is 15.9. The van der Waals surface area contributed by atoms with E-state index >= 15 is 0 Å². The Bertz CT molecular complexity index is 916. The Hall–Kier alpha value is -3.22. The summed E-state index contributed by atoms with van der Waals surface area (Å²) in [4.78, 5) is 12.8. The van der Waals surface area contributed by atoms with Gasteiger partial charge in [0, 0.05) is 5.69 Å². The van der Waals surface area contributed by atoms with Crippen LogP contribution in [-0.4, -0.2) is 26.2 Å². The highest BCUT2D eigenvalue weighted by atomic mass is 16.2. The Balaban J connectivity index is 1.65. The summed E-state index contributed by atoms with van der Waals surface area (Å²) in [6, 6.07) is 19.0. The molecule has 1 aliphatic rings. The van der Waals surface area contributed by atoms with Crippen molar-refractivity contribution in [1.29, 1.82) is 0 Å². The van der Waals surface area contributed by atoms with Crippen molar-refractivity contribution < 1.29 is 4.79 Å². The predicted octanol–water partition coefficient (Wildman–Crippen LogP) is 3.89. The molecule has 144 valence electrons. The van der Waals surface area contributed by atoms with Crippen LogP contribution in [0.4, 0.5) is 10.5 Å². The van der Waals surface area contributed by atoms with E-state index < -0.39 is 5.54 Å². The van der Waals surface area contributed by atoms with Crippen molar-refractivity contribution in [3.05, 3.63) is 66.5 Å². The summed E-state index contributed by atoms with van der Waals surface area (Å²) in [5.74, 6) is 1.29. The van der Waals surface area contributed by atoms with Crippen LogP contribution in [0.3, 0.4) is 0 Å². The van der Waals surface area contributed by atoms with E-state index in [1.165, 1.54) is 0 Å². The average Bonchev–Trinajstić information content (AvgIpc) is 3.22. The molecule has 1 saturated carbocycles. The lowest BCUT2D eigenvalue weighted by molar-refractivity contribution is 0.182. The summed E-state index contributed by atoms with van der Waals surface area (Å²) < 4.78 is 1.73. The van der Waals surface area contributed by atoms with E-state index in [1.54, 1.807) is 4.68 Å². The number of aromatic nitrogens is 4. The zero-order chi connectivity index (χ0) is 19.4. The molecule has 3 aromatic rings. The van der Waals surface area contributed by atoms with Crippen molar-refractivity contribution in [2.24, 2.45) is 5.92 Å². The number of hydrogen-bond acceptors (Lipinski definition) is 4. The molecule has 2 aromatic carbocycles. The lowest BCUT2D eigenvalue weighted by Gasteiger charge is -2.38. The number of para-hydroxylation sites is 2. The highest BCUT2D eigenvalue weighted by Crippen LogP contribution is 2.39. The van der Waals surface area contributed by atoms with Crippen LogP contribution in [0.2, 0.25) is 0 Å². The van der Waals surface area contributed by atoms with Crippen LogP contribution in [0.1, 0.15) is 38.4 Å². The van der Waals surface area contributed by atoms with Gasteiger partial charge in [0.25, 0.3) is 0 Å². The normalized spacial score (nSPS) is 21.8. The first-order valence-electron chi connectivity index (χ1n) is 9.65. The minimum atomic E-state index is -0.606. The molecule has 2 N–H and O–H groups in total. The van der Waals surface area contributed by atoms with E-state index in [0.717, 1.165) is 37.1 Å². The van der Waals surface area contributed by atoms with Gasteiger partial charge in [0.2, 0.25) is 0 Å². The maximum atomic E-state index is 12.8. The number of nitrogens with one attached hydrogen (secondary N) is 2. The Morgan fingerprint density at radius 1 is 1.04 bits per heavy atom. The van der Waals surface area contributed by atoms with Crippen molar-refractivity contribution in [3.63, 3.8) is 0 Å². The molecule has 0 unspecified atom stereocenters. The van der Waals surface area contributed by atoms with Crippen LogP contribution >= 0.6 is 0 Å². The van der Waals surface area contributed by atoms with Gasteiger partial charge in [-0.15, -0.1) is 5.10 Å². The Morgan fingerprint density at radius 2 is 1.68 bits per heavy atom. The Labute approximate surface area is 164 Å². The lowest BCUT2D eigenvalue weighted by Crippen LogP contribution is -2.51. The van der Waals surface area contributed by atoms with Crippen molar-refractivity contribution in [2.75, 3.05) is 5.32 Å². The van der Waals surface area contributed by atoms with Gasteiger partial charge in [-0.05, 0) is 66.3 Å². The third kappa shape index (κ3) is 3.74. The lowest BCUT2D eigenvalue weighted by atomic mass is 9.76. The quantitative estimate of drug-likeness (QED) is 0.723. The molecule has 2 amide bonds. The Kier molecular flexibility index (Phi) is 5.06. The fourth-order valence-corrected chi connectivity index (χ4v) is 3.79. The summed E-state index contributed by atoms with van der Waals surface area (Å²) in [5.41, 5.74) is 1.03. The molecule has 4 rings (SSSR count). The van der Waals surface area contributed by atoms with Gasteiger partial charge in [-0.25, -0.2) is 4.79 Å². The highest BCUT2D eigenvalue weighted by molar-refractivity contribution is 5.89. The second-order valence-electron chi connectivity index (χ2n) is 7.46. The molecule has 0 bridgehead atoms. The molecular formula is C21H24N6O. The van der Waals surface area contributed by atoms with Crippen molar-refractivity contribution in [3.8, 4) is 5.69 Å². The molecule has 28 heavy (non-hydrogen) atoms. The topological polar surface area (TPSA) is 84.7 Å². The number of carbonyl (C=O) groups excluding carboxylic acids is 1. The number of nitrogens with zero attached hydrogens (tertiary/aromatic N) is 4. The molecule has 1 aliphatic carbocycles. The fourth-order valence-electron chi connectivity index (χ4n) is 3.79. The molecule has 0 spiro atoms. The van der Waals surface area contributed by atoms with Crippen LogP contribution in [0.15, 0.2) is 60.7 Å². The van der Waals surface area contributed by atoms with E-state index in [-0.39, 0.29) is 6.03 Å². The molecule has 7 heteroatoms. The standard InChI is InChI=1S/C21H24N6O/c1-16-12-14-21(15-13-16,23-20(28)22-17-8-4-2-5-9-17)19-24-25-26-27(19)18-10-6-3-7-11-18/h2-11,16H,12-15H2,1H3,(H2,22,23,28). The third-order valence-corrected chi connectivity index (χ3v) is 5.41. The first kappa shape index (κ1) is 18.2. The summed E-state index contributed by atoms with van der Waals surface area (Å²) in [7, 11) is 0. The van der Waals surface area contributed by atoms with E-state index in [0.29, 0.717) is 11.7 Å². The van der Waals surface area contributed by atoms with Gasteiger partial charge in [0.05, 0.1) is 5.69 Å². The maximum absolute atomic E-state index is 12.8. The highest BCUT2D eigenvalue weighted by Gasteiger charge is 2.42. The molecule has 1 fully saturated rings. The third-order valence-electron chi connectivity index (χ3n) is 5.41. The molecule has 0 atom stereocenters. The number of tetrazole rings is 1. The molecule has 0 saturated heterocycles. The number of urea groups is 1. The molecule has 1 aromatic heterocycles. The van der Waals surface area contributed by atoms with Gasteiger partial charge in [-0.1, -0.05) is 43.3 Å². The SMILES string of the molecule is CC1CCC(NC(=O)Nc2ccccc2)(c2nnnn2-c2ccccc2)CC1.